The van der Waals surface area contributed by atoms with Crippen molar-refractivity contribution in [2.75, 3.05) is 4.90 Å². The number of alkyl halides is 2. The Balaban J connectivity index is 1.66. The van der Waals surface area contributed by atoms with Crippen molar-refractivity contribution in [2.24, 2.45) is 11.8 Å². The van der Waals surface area contributed by atoms with Gasteiger partial charge in [-0.2, -0.15) is 0 Å². The molecule has 2 atom stereocenters. The smallest absolute Gasteiger partial charge is 0.239 e. The summed E-state index contributed by atoms with van der Waals surface area (Å²) in [6.07, 6.45) is 0. The summed E-state index contributed by atoms with van der Waals surface area (Å²) in [7, 11) is 0. The zero-order valence-electron chi connectivity index (χ0n) is 15.5. The van der Waals surface area contributed by atoms with Crippen molar-refractivity contribution in [2.45, 2.75) is 8.65 Å². The Morgan fingerprint density at radius 3 is 1.37 bits per heavy atom. The van der Waals surface area contributed by atoms with E-state index in [1.165, 1.54) is 4.90 Å². The lowest BCUT2D eigenvalue weighted by atomic mass is 9.54. The first-order valence-electron chi connectivity index (χ1n) is 9.61. The van der Waals surface area contributed by atoms with Crippen molar-refractivity contribution in [3.63, 3.8) is 0 Å². The summed E-state index contributed by atoms with van der Waals surface area (Å²) in [6, 6.07) is 23.5. The summed E-state index contributed by atoms with van der Waals surface area (Å²) in [4.78, 5) is 29.0. The third-order valence-electron chi connectivity index (χ3n) is 6.67. The van der Waals surface area contributed by atoms with Crippen molar-refractivity contribution >= 4 is 65.3 Å². The van der Waals surface area contributed by atoms with E-state index in [1.54, 1.807) is 12.1 Å². The predicted octanol–water partition coefficient (Wildman–Crippen LogP) is 5.86. The fourth-order valence-corrected chi connectivity index (χ4v) is 8.08. The standard InChI is InChI=1S/C24H14Br3NO2/c25-13-9-11-14(12-10-13)28-21(29)19-20(22(28)30)24(27)16-6-2-1-5-15(16)23(19,26)17-7-3-4-8-18(17)24/h1-12,19-20H/t19-,20-,23?,24?/m1/s1. The highest BCUT2D eigenvalue weighted by molar-refractivity contribution is 9.10. The summed E-state index contributed by atoms with van der Waals surface area (Å²) < 4.78 is -0.606. The lowest BCUT2D eigenvalue weighted by molar-refractivity contribution is -0.122. The molecule has 3 aliphatic carbocycles. The van der Waals surface area contributed by atoms with E-state index >= 15 is 0 Å². The maximum Gasteiger partial charge on any atom is 0.239 e. The molecule has 2 amide bonds. The molecule has 148 valence electrons. The fraction of sp³-hybridized carbons (Fsp3) is 0.167. The molecule has 0 spiro atoms. The van der Waals surface area contributed by atoms with E-state index < -0.39 is 20.5 Å². The molecule has 0 aromatic heterocycles. The Morgan fingerprint density at radius 2 is 1.00 bits per heavy atom. The average Bonchev–Trinajstić information content (AvgIpc) is 3.04. The fourth-order valence-electron chi connectivity index (χ4n) is 5.51. The third kappa shape index (κ3) is 2.05. The van der Waals surface area contributed by atoms with Crippen molar-refractivity contribution in [1.82, 2.24) is 0 Å². The average molecular weight is 588 g/mol. The summed E-state index contributed by atoms with van der Waals surface area (Å²) in [5, 5.41) is 0. The third-order valence-corrected chi connectivity index (χ3v) is 9.89. The molecule has 0 saturated carbocycles. The van der Waals surface area contributed by atoms with Gasteiger partial charge in [-0.15, -0.1) is 0 Å². The molecule has 4 aliphatic rings. The van der Waals surface area contributed by atoms with E-state index in [0.717, 1.165) is 26.7 Å². The van der Waals surface area contributed by atoms with Crippen LogP contribution in [0.2, 0.25) is 0 Å². The van der Waals surface area contributed by atoms with Gasteiger partial charge in [-0.3, -0.25) is 9.59 Å². The first kappa shape index (κ1) is 19.0. The predicted molar refractivity (Wildman–Crippen MR) is 126 cm³/mol. The SMILES string of the molecule is O=C1[C@H]2[C@H](C(=O)N1c1ccc(Br)cc1)C1(Br)c3ccccc3C2(Br)c2ccccc21. The number of carbonyl (C=O) groups excluding carboxylic acids is 2. The van der Waals surface area contributed by atoms with Crippen LogP contribution >= 0.6 is 47.8 Å². The summed E-state index contributed by atoms with van der Waals surface area (Å²) in [5.74, 6) is -1.43. The van der Waals surface area contributed by atoms with Crippen molar-refractivity contribution in [1.29, 1.82) is 0 Å². The number of nitrogens with zero attached hydrogens (tertiary/aromatic N) is 1. The van der Waals surface area contributed by atoms with E-state index in [9.17, 15) is 9.59 Å². The van der Waals surface area contributed by atoms with Crippen LogP contribution in [0.5, 0.6) is 0 Å². The number of carbonyl (C=O) groups is 2. The number of anilines is 1. The Morgan fingerprint density at radius 1 is 0.633 bits per heavy atom. The van der Waals surface area contributed by atoms with Crippen LogP contribution in [-0.2, 0) is 18.2 Å². The van der Waals surface area contributed by atoms with E-state index in [-0.39, 0.29) is 11.8 Å². The van der Waals surface area contributed by atoms with Crippen LogP contribution in [-0.4, -0.2) is 11.8 Å². The number of rotatable bonds is 1. The molecule has 0 N–H and O–H groups in total. The number of amides is 2. The van der Waals surface area contributed by atoms with Gasteiger partial charge in [-0.05, 0) is 46.5 Å². The molecule has 3 aromatic rings. The van der Waals surface area contributed by atoms with E-state index in [0.29, 0.717) is 5.69 Å². The van der Waals surface area contributed by atoms with Crippen LogP contribution in [0.3, 0.4) is 0 Å². The number of hydrogen-bond acceptors (Lipinski definition) is 2. The summed E-state index contributed by atoms with van der Waals surface area (Å²) in [5.41, 5.74) is 4.77. The Labute approximate surface area is 198 Å². The Kier molecular flexibility index (Phi) is 3.89. The van der Waals surface area contributed by atoms with Gasteiger partial charge in [0.25, 0.3) is 0 Å². The maximum absolute atomic E-state index is 13.8. The first-order chi connectivity index (χ1) is 14.4. The van der Waals surface area contributed by atoms with Crippen LogP contribution in [0.15, 0.2) is 77.3 Å². The van der Waals surface area contributed by atoms with Gasteiger partial charge in [0.2, 0.25) is 11.8 Å². The van der Waals surface area contributed by atoms with E-state index in [1.807, 2.05) is 36.4 Å². The lowest BCUT2D eigenvalue weighted by Crippen LogP contribution is -2.56. The number of benzene rings is 3. The molecule has 3 aromatic carbocycles. The van der Waals surface area contributed by atoms with E-state index in [2.05, 4.69) is 72.1 Å². The Hall–Kier alpha value is -1.76. The summed E-state index contributed by atoms with van der Waals surface area (Å²) in [6.45, 7) is 0. The lowest BCUT2D eigenvalue weighted by Gasteiger charge is -2.55. The highest BCUT2D eigenvalue weighted by Crippen LogP contribution is 2.70. The largest absolute Gasteiger partial charge is 0.274 e. The molecule has 1 heterocycles. The van der Waals surface area contributed by atoms with Gasteiger partial charge in [0.1, 0.15) is 0 Å². The van der Waals surface area contributed by atoms with Gasteiger partial charge in [-0.1, -0.05) is 96.3 Å². The molecule has 1 fully saturated rings. The quantitative estimate of drug-likeness (QED) is 0.264. The van der Waals surface area contributed by atoms with Crippen LogP contribution < -0.4 is 4.90 Å². The molecule has 1 aliphatic heterocycles. The van der Waals surface area contributed by atoms with Gasteiger partial charge < -0.3 is 0 Å². The molecule has 7 rings (SSSR count). The van der Waals surface area contributed by atoms with Gasteiger partial charge in [-0.25, -0.2) is 4.90 Å². The van der Waals surface area contributed by atoms with Gasteiger partial charge in [0.05, 0.1) is 26.2 Å². The van der Waals surface area contributed by atoms with Crippen molar-refractivity contribution in [3.05, 3.63) is 99.5 Å². The molecule has 3 nitrogen and oxygen atoms in total. The minimum absolute atomic E-state index is 0.169. The Bertz CT molecular complexity index is 1130. The van der Waals surface area contributed by atoms with Crippen LogP contribution in [0.4, 0.5) is 5.69 Å². The topological polar surface area (TPSA) is 37.4 Å². The minimum atomic E-state index is -0.753. The zero-order valence-corrected chi connectivity index (χ0v) is 20.2. The molecular weight excluding hydrogens is 574 g/mol. The van der Waals surface area contributed by atoms with Gasteiger partial charge in [0.15, 0.2) is 0 Å². The normalized spacial score (nSPS) is 30.8. The van der Waals surface area contributed by atoms with E-state index in [4.69, 9.17) is 0 Å². The highest BCUT2D eigenvalue weighted by atomic mass is 79.9. The second kappa shape index (κ2) is 6.15. The van der Waals surface area contributed by atoms with Crippen LogP contribution in [0.1, 0.15) is 22.3 Å². The second-order valence-corrected chi connectivity index (χ2v) is 11.4. The molecule has 0 unspecified atom stereocenters. The maximum atomic E-state index is 13.8. The molecule has 30 heavy (non-hydrogen) atoms. The van der Waals surface area contributed by atoms with Crippen LogP contribution in [0.25, 0.3) is 0 Å². The molecular formula is C24H14Br3NO2. The minimum Gasteiger partial charge on any atom is -0.274 e. The number of hydrogen-bond donors (Lipinski definition) is 0. The van der Waals surface area contributed by atoms with Gasteiger partial charge in [0, 0.05) is 4.47 Å². The van der Waals surface area contributed by atoms with Crippen molar-refractivity contribution in [3.8, 4) is 0 Å². The molecule has 0 radical (unpaired) electrons. The van der Waals surface area contributed by atoms with Crippen molar-refractivity contribution < 1.29 is 9.59 Å². The van der Waals surface area contributed by atoms with Gasteiger partial charge >= 0.3 is 0 Å². The molecule has 6 heteroatoms. The highest BCUT2D eigenvalue weighted by Gasteiger charge is 2.72. The zero-order chi connectivity index (χ0) is 20.8. The summed E-state index contributed by atoms with van der Waals surface area (Å²) >= 11 is 11.5. The van der Waals surface area contributed by atoms with Crippen LogP contribution in [0, 0.1) is 11.8 Å². The first-order valence-corrected chi connectivity index (χ1v) is 12.0. The molecule has 2 bridgehead atoms. The molecule has 1 saturated heterocycles. The number of imide groups is 1. The number of halogens is 3. The monoisotopic (exact) mass is 585 g/mol. The second-order valence-electron chi connectivity index (χ2n) is 7.96.